The molecule has 0 aliphatic heterocycles. The molecule has 0 fully saturated rings. The summed E-state index contributed by atoms with van der Waals surface area (Å²) in [4.78, 5) is 12.2. The Balaban J connectivity index is 2.41. The van der Waals surface area contributed by atoms with Gasteiger partial charge in [-0.3, -0.25) is 4.79 Å². The van der Waals surface area contributed by atoms with E-state index < -0.39 is 0 Å². The molecule has 92 valence electrons. The highest BCUT2D eigenvalue weighted by molar-refractivity contribution is 9.10. The Morgan fingerprint density at radius 2 is 1.61 bits per heavy atom. The minimum Gasteiger partial charge on any atom is -0.398 e. The highest BCUT2D eigenvalue weighted by Gasteiger charge is 2.11. The molecule has 0 aliphatic carbocycles. The predicted molar refractivity (Wildman–Crippen MR) is 78.4 cm³/mol. The number of anilines is 1. The Bertz CT molecular complexity index is 575. The fraction of sp³-hybridized carbons (Fsp3) is 0. The highest BCUT2D eigenvalue weighted by atomic mass is 79.9. The van der Waals surface area contributed by atoms with Crippen LogP contribution in [0.1, 0.15) is 15.9 Å². The zero-order chi connectivity index (χ0) is 13.3. The highest BCUT2D eigenvalue weighted by Crippen LogP contribution is 2.26. The van der Waals surface area contributed by atoms with E-state index in [4.69, 9.17) is 28.9 Å². The third kappa shape index (κ3) is 2.69. The molecule has 0 aliphatic rings. The summed E-state index contributed by atoms with van der Waals surface area (Å²) in [6.45, 7) is 0. The van der Waals surface area contributed by atoms with Crippen LogP contribution in [0.15, 0.2) is 40.9 Å². The van der Waals surface area contributed by atoms with Gasteiger partial charge in [0.1, 0.15) is 0 Å². The Hall–Kier alpha value is -1.03. The Morgan fingerprint density at radius 3 is 2.22 bits per heavy atom. The van der Waals surface area contributed by atoms with E-state index in [0.717, 1.165) is 0 Å². The van der Waals surface area contributed by atoms with Gasteiger partial charge in [0.15, 0.2) is 5.78 Å². The molecular weight excluding hydrogens is 337 g/mol. The molecule has 2 nitrogen and oxygen atoms in total. The third-order valence-electron chi connectivity index (χ3n) is 2.44. The number of ketones is 1. The molecule has 2 aromatic rings. The summed E-state index contributed by atoms with van der Waals surface area (Å²) >= 11 is 15.1. The molecule has 5 heteroatoms. The molecular formula is C13H8BrCl2NO. The van der Waals surface area contributed by atoms with Crippen LogP contribution in [0.4, 0.5) is 5.69 Å². The van der Waals surface area contributed by atoms with Gasteiger partial charge in [-0.1, -0.05) is 23.2 Å². The van der Waals surface area contributed by atoms with E-state index in [1.54, 1.807) is 36.4 Å². The molecule has 0 atom stereocenters. The van der Waals surface area contributed by atoms with Gasteiger partial charge in [0.25, 0.3) is 0 Å². The smallest absolute Gasteiger partial charge is 0.193 e. The Kier molecular flexibility index (Phi) is 3.95. The van der Waals surface area contributed by atoms with E-state index >= 15 is 0 Å². The molecule has 0 unspecified atom stereocenters. The normalized spacial score (nSPS) is 10.4. The number of carbonyl (C=O) groups is 1. The van der Waals surface area contributed by atoms with E-state index in [1.807, 2.05) is 0 Å². The average Bonchev–Trinajstić information content (AvgIpc) is 2.35. The molecule has 2 N–H and O–H groups in total. The van der Waals surface area contributed by atoms with Crippen LogP contribution in [0.3, 0.4) is 0 Å². The maximum atomic E-state index is 12.2. The lowest BCUT2D eigenvalue weighted by Crippen LogP contribution is -2.02. The summed E-state index contributed by atoms with van der Waals surface area (Å²) in [5, 5.41) is 0.927. The predicted octanol–water partition coefficient (Wildman–Crippen LogP) is 4.57. The molecule has 2 rings (SSSR count). The van der Waals surface area contributed by atoms with Crippen molar-refractivity contribution in [1.29, 1.82) is 0 Å². The summed E-state index contributed by atoms with van der Waals surface area (Å²) in [7, 11) is 0. The van der Waals surface area contributed by atoms with Crippen molar-refractivity contribution in [3.63, 3.8) is 0 Å². The first kappa shape index (κ1) is 13.4. The van der Waals surface area contributed by atoms with Crippen molar-refractivity contribution in [2.75, 3.05) is 5.73 Å². The van der Waals surface area contributed by atoms with Crippen LogP contribution in [0.25, 0.3) is 0 Å². The van der Waals surface area contributed by atoms with Gasteiger partial charge in [0.2, 0.25) is 0 Å². The van der Waals surface area contributed by atoms with Crippen LogP contribution in [-0.4, -0.2) is 5.78 Å². The minimum atomic E-state index is -0.130. The molecule has 0 spiro atoms. The van der Waals surface area contributed by atoms with Crippen molar-refractivity contribution in [1.82, 2.24) is 0 Å². The molecule has 0 aromatic heterocycles. The zero-order valence-electron chi connectivity index (χ0n) is 9.08. The molecule has 0 saturated heterocycles. The van der Waals surface area contributed by atoms with Crippen molar-refractivity contribution in [2.45, 2.75) is 0 Å². The zero-order valence-corrected chi connectivity index (χ0v) is 12.2. The van der Waals surface area contributed by atoms with Crippen LogP contribution >= 0.6 is 39.1 Å². The molecule has 0 bridgehead atoms. The summed E-state index contributed by atoms with van der Waals surface area (Å²) in [6, 6.07) is 9.82. The summed E-state index contributed by atoms with van der Waals surface area (Å²) in [6.07, 6.45) is 0. The van der Waals surface area contributed by atoms with Gasteiger partial charge in [-0.15, -0.1) is 0 Å². The molecule has 0 radical (unpaired) electrons. The van der Waals surface area contributed by atoms with Crippen LogP contribution in [0.5, 0.6) is 0 Å². The lowest BCUT2D eigenvalue weighted by Gasteiger charge is -2.05. The first-order valence-electron chi connectivity index (χ1n) is 5.04. The largest absolute Gasteiger partial charge is 0.398 e. The monoisotopic (exact) mass is 343 g/mol. The number of benzene rings is 2. The van der Waals surface area contributed by atoms with Crippen LogP contribution < -0.4 is 5.73 Å². The van der Waals surface area contributed by atoms with Crippen molar-refractivity contribution >= 4 is 50.6 Å². The lowest BCUT2D eigenvalue weighted by molar-refractivity contribution is 0.103. The number of nitrogens with two attached hydrogens (primary N) is 1. The number of hydrogen-bond donors (Lipinski definition) is 1. The first-order chi connectivity index (χ1) is 8.49. The maximum absolute atomic E-state index is 12.2. The van der Waals surface area contributed by atoms with Crippen LogP contribution in [-0.2, 0) is 0 Å². The molecule has 0 saturated carbocycles. The number of hydrogen-bond acceptors (Lipinski definition) is 2. The summed E-state index contributed by atoms with van der Waals surface area (Å²) < 4.78 is 0.677. The van der Waals surface area contributed by atoms with Gasteiger partial charge < -0.3 is 5.73 Å². The van der Waals surface area contributed by atoms with Crippen LogP contribution in [0.2, 0.25) is 10.0 Å². The minimum absolute atomic E-state index is 0.130. The number of carbonyl (C=O) groups excluding carboxylic acids is 1. The topological polar surface area (TPSA) is 43.1 Å². The van der Waals surface area contributed by atoms with Gasteiger partial charge in [-0.2, -0.15) is 0 Å². The summed E-state index contributed by atoms with van der Waals surface area (Å²) in [5.41, 5.74) is 7.08. The number of rotatable bonds is 2. The SMILES string of the molecule is Nc1ccc(C(=O)c2ccc(Cl)c(Br)c2)cc1Cl. The Labute approximate surface area is 123 Å². The van der Waals surface area contributed by atoms with Crippen molar-refractivity contribution < 1.29 is 4.79 Å². The second-order valence-electron chi connectivity index (χ2n) is 3.69. The fourth-order valence-corrected chi connectivity index (χ4v) is 2.15. The molecule has 0 amide bonds. The third-order valence-corrected chi connectivity index (χ3v) is 3.99. The molecule has 2 aromatic carbocycles. The van der Waals surface area contributed by atoms with Gasteiger partial charge in [-0.25, -0.2) is 0 Å². The quantitative estimate of drug-likeness (QED) is 0.640. The Morgan fingerprint density at radius 1 is 1.00 bits per heavy atom. The van der Waals surface area contributed by atoms with E-state index in [9.17, 15) is 4.79 Å². The summed E-state index contributed by atoms with van der Waals surface area (Å²) in [5.74, 6) is -0.130. The van der Waals surface area contributed by atoms with E-state index in [-0.39, 0.29) is 5.78 Å². The molecule has 0 heterocycles. The van der Waals surface area contributed by atoms with Gasteiger partial charge in [0, 0.05) is 15.6 Å². The van der Waals surface area contributed by atoms with Crippen LogP contribution in [0, 0.1) is 0 Å². The fourth-order valence-electron chi connectivity index (χ4n) is 1.47. The molecule has 18 heavy (non-hydrogen) atoms. The van der Waals surface area contributed by atoms with E-state index in [1.165, 1.54) is 0 Å². The van der Waals surface area contributed by atoms with E-state index in [0.29, 0.717) is 31.3 Å². The number of halogens is 3. The van der Waals surface area contributed by atoms with Crippen molar-refractivity contribution in [2.24, 2.45) is 0 Å². The van der Waals surface area contributed by atoms with Crippen molar-refractivity contribution in [3.8, 4) is 0 Å². The lowest BCUT2D eigenvalue weighted by atomic mass is 10.0. The average molecular weight is 345 g/mol. The first-order valence-corrected chi connectivity index (χ1v) is 6.58. The second kappa shape index (κ2) is 5.31. The van der Waals surface area contributed by atoms with Gasteiger partial charge in [-0.05, 0) is 52.3 Å². The van der Waals surface area contributed by atoms with Crippen molar-refractivity contribution in [3.05, 3.63) is 62.0 Å². The van der Waals surface area contributed by atoms with Gasteiger partial charge in [0.05, 0.1) is 15.7 Å². The van der Waals surface area contributed by atoms with Gasteiger partial charge >= 0.3 is 0 Å². The maximum Gasteiger partial charge on any atom is 0.193 e. The van der Waals surface area contributed by atoms with E-state index in [2.05, 4.69) is 15.9 Å². The standard InChI is InChI=1S/C13H8BrCl2NO/c14-9-5-7(1-3-10(9)15)13(18)8-2-4-12(17)11(16)6-8/h1-6H,17H2. The number of nitrogen functional groups attached to an aromatic ring is 1. The second-order valence-corrected chi connectivity index (χ2v) is 5.36.